The fraction of sp³-hybridized carbons (Fsp3) is 0.519. The molecule has 7 aliphatic rings. The predicted octanol–water partition coefficient (Wildman–Crippen LogP) is 3.84. The average molecular weight is 431 g/mol. The summed E-state index contributed by atoms with van der Waals surface area (Å²) < 4.78 is 12.8. The summed E-state index contributed by atoms with van der Waals surface area (Å²) in [6.07, 6.45) is 5.39. The minimum atomic E-state index is 0.0914. The van der Waals surface area contributed by atoms with Gasteiger partial charge >= 0.3 is 0 Å². The van der Waals surface area contributed by atoms with Crippen LogP contribution in [0.2, 0.25) is 0 Å². The number of ketones is 1. The van der Waals surface area contributed by atoms with Crippen LogP contribution in [-0.4, -0.2) is 67.1 Å². The first-order valence-electron chi connectivity index (χ1n) is 12.3. The van der Waals surface area contributed by atoms with Gasteiger partial charge in [-0.3, -0.25) is 14.6 Å². The molecule has 0 radical (unpaired) electrons. The average Bonchev–Trinajstić information content (AvgIpc) is 3.12. The maximum absolute atomic E-state index is 13.3. The second kappa shape index (κ2) is 7.32. The highest BCUT2D eigenvalue weighted by molar-refractivity contribution is 6.22. The van der Waals surface area contributed by atoms with Crippen molar-refractivity contribution in [3.8, 4) is 22.6 Å². The number of benzene rings is 2. The van der Waals surface area contributed by atoms with Gasteiger partial charge in [-0.1, -0.05) is 0 Å². The summed E-state index contributed by atoms with van der Waals surface area (Å²) in [5.74, 6) is 3.04. The number of piperidine rings is 6. The third kappa shape index (κ3) is 3.09. The smallest absolute Gasteiger partial charge is 0.194 e. The molecule has 2 unspecified atom stereocenters. The molecule has 6 aliphatic heterocycles. The summed E-state index contributed by atoms with van der Waals surface area (Å²) >= 11 is 0. The van der Waals surface area contributed by atoms with Gasteiger partial charge in [0.1, 0.15) is 23.7 Å². The normalized spacial score (nSPS) is 34.3. The number of carbonyl (C=O) groups excluding carboxylic acids is 1. The molecule has 0 N–H and O–H groups in total. The van der Waals surface area contributed by atoms with Gasteiger partial charge in [0.2, 0.25) is 0 Å². The van der Waals surface area contributed by atoms with E-state index in [0.717, 1.165) is 46.8 Å². The van der Waals surface area contributed by atoms with Crippen LogP contribution in [0, 0.1) is 11.8 Å². The van der Waals surface area contributed by atoms with E-state index in [-0.39, 0.29) is 18.0 Å². The van der Waals surface area contributed by atoms with Gasteiger partial charge in [-0.25, -0.2) is 0 Å². The molecule has 166 valence electrons. The Bertz CT molecular complexity index is 983. The highest BCUT2D eigenvalue weighted by Crippen LogP contribution is 2.41. The van der Waals surface area contributed by atoms with Gasteiger partial charge in [0.15, 0.2) is 5.78 Å². The van der Waals surface area contributed by atoms with Crippen LogP contribution in [0.25, 0.3) is 11.1 Å². The summed E-state index contributed by atoms with van der Waals surface area (Å²) in [6.45, 7) is 6.82. The van der Waals surface area contributed by atoms with Gasteiger partial charge < -0.3 is 9.47 Å². The van der Waals surface area contributed by atoms with Crippen LogP contribution in [-0.2, 0) is 0 Å². The molecule has 5 nitrogen and oxygen atoms in total. The second-order valence-corrected chi connectivity index (χ2v) is 10.3. The monoisotopic (exact) mass is 430 g/mol. The number of fused-ring (bicyclic) bond motifs is 9. The van der Waals surface area contributed by atoms with E-state index in [0.29, 0.717) is 11.8 Å². The Morgan fingerprint density at radius 2 is 1.06 bits per heavy atom. The van der Waals surface area contributed by atoms with Crippen LogP contribution in [0.15, 0.2) is 36.4 Å². The lowest BCUT2D eigenvalue weighted by Gasteiger charge is -2.44. The molecule has 1 aliphatic carbocycles. The van der Waals surface area contributed by atoms with E-state index in [2.05, 4.69) is 21.9 Å². The topological polar surface area (TPSA) is 42.0 Å². The number of carbonyl (C=O) groups is 1. The number of rotatable bonds is 4. The summed E-state index contributed by atoms with van der Waals surface area (Å²) in [5.41, 5.74) is 3.55. The Morgan fingerprint density at radius 1 is 0.625 bits per heavy atom. The third-order valence-corrected chi connectivity index (χ3v) is 8.53. The standard InChI is InChI=1S/C27H30N2O3/c30-27-23-13-19(31-25-15-28-9-5-17(25)6-10-28)1-3-21(23)22-4-2-20(14-24(22)27)32-26-16-29-11-7-18(26)8-12-29/h1-4,13-14,17-18,25-26H,5-12,15-16H2. The summed E-state index contributed by atoms with van der Waals surface area (Å²) in [5, 5.41) is 0. The van der Waals surface area contributed by atoms with Gasteiger partial charge in [0.25, 0.3) is 0 Å². The zero-order valence-corrected chi connectivity index (χ0v) is 18.5. The van der Waals surface area contributed by atoms with Crippen LogP contribution in [0.3, 0.4) is 0 Å². The molecule has 0 spiro atoms. The number of ether oxygens (including phenoxy) is 2. The lowest BCUT2D eigenvalue weighted by molar-refractivity contribution is -0.00779. The van der Waals surface area contributed by atoms with Gasteiger partial charge in [-0.05, 0) is 111 Å². The molecule has 2 atom stereocenters. The van der Waals surface area contributed by atoms with Gasteiger partial charge in [-0.2, -0.15) is 0 Å². The molecule has 6 saturated heterocycles. The lowest BCUT2D eigenvalue weighted by atomic mass is 9.86. The molecule has 6 heterocycles. The molecule has 5 heteroatoms. The molecule has 32 heavy (non-hydrogen) atoms. The van der Waals surface area contributed by atoms with Crippen molar-refractivity contribution < 1.29 is 14.3 Å². The predicted molar refractivity (Wildman–Crippen MR) is 122 cm³/mol. The maximum Gasteiger partial charge on any atom is 0.194 e. The molecular formula is C27H30N2O3. The van der Waals surface area contributed by atoms with Crippen molar-refractivity contribution in [1.82, 2.24) is 9.80 Å². The number of hydrogen-bond donors (Lipinski definition) is 0. The van der Waals surface area contributed by atoms with Crippen molar-refractivity contribution in [2.45, 2.75) is 37.9 Å². The molecular weight excluding hydrogens is 400 g/mol. The molecule has 9 rings (SSSR count). The Kier molecular flexibility index (Phi) is 4.38. The highest BCUT2D eigenvalue weighted by Gasteiger charge is 2.37. The van der Waals surface area contributed by atoms with Crippen LogP contribution < -0.4 is 9.47 Å². The van der Waals surface area contributed by atoms with Crippen molar-refractivity contribution in [3.05, 3.63) is 47.5 Å². The van der Waals surface area contributed by atoms with Crippen LogP contribution >= 0.6 is 0 Å². The SMILES string of the molecule is O=C1c2cc(OC3CN4CCC3CC4)ccc2-c2ccc(OC3CN4CCC3CC4)cc21. The van der Waals surface area contributed by atoms with E-state index in [1.54, 1.807) is 0 Å². The van der Waals surface area contributed by atoms with E-state index in [4.69, 9.17) is 9.47 Å². The molecule has 6 fully saturated rings. The fourth-order valence-electron chi connectivity index (χ4n) is 6.62. The summed E-state index contributed by atoms with van der Waals surface area (Å²) in [6, 6.07) is 12.1. The zero-order valence-electron chi connectivity index (χ0n) is 18.5. The molecule has 2 aromatic rings. The summed E-state index contributed by atoms with van der Waals surface area (Å²) in [7, 11) is 0. The van der Waals surface area contributed by atoms with Crippen molar-refractivity contribution in [2.24, 2.45) is 11.8 Å². The van der Waals surface area contributed by atoms with E-state index in [1.165, 1.54) is 51.9 Å². The van der Waals surface area contributed by atoms with Crippen LogP contribution in [0.4, 0.5) is 0 Å². The first-order valence-corrected chi connectivity index (χ1v) is 12.3. The molecule has 0 aromatic heterocycles. The molecule has 0 saturated carbocycles. The highest BCUT2D eigenvalue weighted by atomic mass is 16.5. The first kappa shape index (κ1) is 19.1. The van der Waals surface area contributed by atoms with Crippen molar-refractivity contribution >= 4 is 5.78 Å². The van der Waals surface area contributed by atoms with Crippen molar-refractivity contribution in [3.63, 3.8) is 0 Å². The van der Waals surface area contributed by atoms with E-state index in [1.807, 2.05) is 24.3 Å². The van der Waals surface area contributed by atoms with E-state index >= 15 is 0 Å². The number of nitrogens with zero attached hydrogens (tertiary/aromatic N) is 2. The first-order chi connectivity index (χ1) is 15.7. The van der Waals surface area contributed by atoms with Gasteiger partial charge in [0, 0.05) is 24.2 Å². The van der Waals surface area contributed by atoms with Crippen molar-refractivity contribution in [2.75, 3.05) is 39.3 Å². The second-order valence-electron chi connectivity index (χ2n) is 10.3. The third-order valence-electron chi connectivity index (χ3n) is 8.53. The quantitative estimate of drug-likeness (QED) is 0.629. The number of hydrogen-bond acceptors (Lipinski definition) is 5. The molecule has 4 bridgehead atoms. The van der Waals surface area contributed by atoms with E-state index in [9.17, 15) is 4.79 Å². The van der Waals surface area contributed by atoms with Gasteiger partial charge in [-0.15, -0.1) is 0 Å². The maximum atomic E-state index is 13.3. The largest absolute Gasteiger partial charge is 0.489 e. The Labute approximate surface area is 189 Å². The lowest BCUT2D eigenvalue weighted by Crippen LogP contribution is -2.52. The van der Waals surface area contributed by atoms with Crippen molar-refractivity contribution in [1.29, 1.82) is 0 Å². The summed E-state index contributed by atoms with van der Waals surface area (Å²) in [4.78, 5) is 18.3. The molecule has 0 amide bonds. The Balaban J connectivity index is 1.11. The van der Waals surface area contributed by atoms with Crippen LogP contribution in [0.1, 0.15) is 41.6 Å². The minimum absolute atomic E-state index is 0.0914. The Morgan fingerprint density at radius 3 is 1.44 bits per heavy atom. The fourth-order valence-corrected chi connectivity index (χ4v) is 6.62. The Hall–Kier alpha value is -2.37. The van der Waals surface area contributed by atoms with Gasteiger partial charge in [0.05, 0.1) is 0 Å². The van der Waals surface area contributed by atoms with Crippen LogP contribution in [0.5, 0.6) is 11.5 Å². The van der Waals surface area contributed by atoms with E-state index < -0.39 is 0 Å². The minimum Gasteiger partial charge on any atom is -0.489 e. The molecule has 2 aromatic carbocycles. The zero-order chi connectivity index (χ0) is 21.2.